The molecule has 1 aromatic carbocycles. The van der Waals surface area contributed by atoms with Gasteiger partial charge in [0.1, 0.15) is 0 Å². The summed E-state index contributed by atoms with van der Waals surface area (Å²) < 4.78 is 16.6. The average Bonchev–Trinajstić information content (AvgIpc) is 2.96. The first-order valence-corrected chi connectivity index (χ1v) is 8.73. The van der Waals surface area contributed by atoms with Gasteiger partial charge < -0.3 is 9.42 Å². The van der Waals surface area contributed by atoms with Crippen LogP contribution in [0.3, 0.4) is 0 Å². The van der Waals surface area contributed by atoms with Gasteiger partial charge in [0.2, 0.25) is 11.7 Å². The zero-order chi connectivity index (χ0) is 14.7. The molecule has 2 heterocycles. The highest BCUT2D eigenvalue weighted by atomic mass is 35.5. The first-order chi connectivity index (χ1) is 10.2. The van der Waals surface area contributed by atoms with Gasteiger partial charge in [0.05, 0.1) is 0 Å². The minimum Gasteiger partial charge on any atom is -0.339 e. The van der Waals surface area contributed by atoms with Gasteiger partial charge in [-0.1, -0.05) is 16.8 Å². The van der Waals surface area contributed by atoms with E-state index in [2.05, 4.69) is 15.0 Å². The van der Waals surface area contributed by atoms with Crippen LogP contribution >= 0.6 is 11.6 Å². The van der Waals surface area contributed by atoms with Gasteiger partial charge >= 0.3 is 0 Å². The molecule has 1 fully saturated rings. The Morgan fingerprint density at radius 1 is 1.24 bits per heavy atom. The third-order valence-electron chi connectivity index (χ3n) is 3.48. The van der Waals surface area contributed by atoms with Gasteiger partial charge in [0.15, 0.2) is 0 Å². The van der Waals surface area contributed by atoms with E-state index < -0.39 is 10.8 Å². The summed E-state index contributed by atoms with van der Waals surface area (Å²) in [5.74, 6) is 2.74. The Bertz CT molecular complexity index is 619. The van der Waals surface area contributed by atoms with E-state index >= 15 is 0 Å². The van der Waals surface area contributed by atoms with Crippen molar-refractivity contribution in [1.29, 1.82) is 0 Å². The van der Waals surface area contributed by atoms with Gasteiger partial charge in [-0.3, -0.25) is 4.21 Å². The number of hydrogen-bond acceptors (Lipinski definition) is 5. The van der Waals surface area contributed by atoms with E-state index in [1.807, 2.05) is 12.1 Å². The second-order valence-corrected chi connectivity index (χ2v) is 7.09. The molecule has 1 saturated heterocycles. The summed E-state index contributed by atoms with van der Waals surface area (Å²) in [4.78, 5) is 6.69. The van der Waals surface area contributed by atoms with Crippen LogP contribution in [0.4, 0.5) is 0 Å². The fraction of sp³-hybridized carbons (Fsp3) is 0.429. The molecule has 0 unspecified atom stereocenters. The molecule has 0 spiro atoms. The maximum atomic E-state index is 11.3. The fourth-order valence-electron chi connectivity index (χ4n) is 2.23. The minimum atomic E-state index is -0.636. The molecule has 21 heavy (non-hydrogen) atoms. The summed E-state index contributed by atoms with van der Waals surface area (Å²) in [7, 11) is -0.636. The lowest BCUT2D eigenvalue weighted by atomic mass is 10.2. The van der Waals surface area contributed by atoms with Crippen molar-refractivity contribution in [2.24, 2.45) is 0 Å². The lowest BCUT2D eigenvalue weighted by Gasteiger charge is -2.25. The quantitative estimate of drug-likeness (QED) is 0.860. The largest absolute Gasteiger partial charge is 0.339 e. The van der Waals surface area contributed by atoms with E-state index in [9.17, 15) is 4.21 Å². The number of aromatic nitrogens is 2. The Morgan fingerprint density at radius 2 is 1.95 bits per heavy atom. The van der Waals surface area contributed by atoms with E-state index in [0.29, 0.717) is 23.2 Å². The number of benzene rings is 1. The van der Waals surface area contributed by atoms with Crippen molar-refractivity contribution in [2.75, 3.05) is 31.1 Å². The molecule has 1 aromatic heterocycles. The van der Waals surface area contributed by atoms with Crippen LogP contribution in [0.2, 0.25) is 5.02 Å². The summed E-state index contributed by atoms with van der Waals surface area (Å²) in [6.45, 7) is 2.62. The topological polar surface area (TPSA) is 59.2 Å². The van der Waals surface area contributed by atoms with E-state index in [4.69, 9.17) is 16.1 Å². The highest BCUT2D eigenvalue weighted by Gasteiger charge is 2.16. The molecule has 2 aromatic rings. The van der Waals surface area contributed by atoms with Crippen molar-refractivity contribution < 1.29 is 8.73 Å². The standard InChI is InChI=1S/C14H16ClN3O2S/c15-12-3-1-11(2-4-12)14-16-13(20-17-14)5-6-18-7-9-21(19)10-8-18/h1-4H,5-10H2. The molecule has 7 heteroatoms. The molecular formula is C14H16ClN3O2S. The molecule has 0 N–H and O–H groups in total. The van der Waals surface area contributed by atoms with Gasteiger partial charge in [-0.05, 0) is 24.3 Å². The molecule has 1 aliphatic heterocycles. The van der Waals surface area contributed by atoms with Crippen molar-refractivity contribution in [3.63, 3.8) is 0 Å². The summed E-state index contributed by atoms with van der Waals surface area (Å²) in [6, 6.07) is 7.36. The van der Waals surface area contributed by atoms with Crippen LogP contribution in [0.5, 0.6) is 0 Å². The van der Waals surface area contributed by atoms with Crippen LogP contribution in [0.25, 0.3) is 11.4 Å². The Labute approximate surface area is 130 Å². The molecule has 0 bridgehead atoms. The summed E-state index contributed by atoms with van der Waals surface area (Å²) in [5.41, 5.74) is 0.891. The van der Waals surface area contributed by atoms with Gasteiger partial charge in [0.25, 0.3) is 0 Å². The predicted octanol–water partition coefficient (Wildman–Crippen LogP) is 2.00. The van der Waals surface area contributed by atoms with Crippen molar-refractivity contribution >= 4 is 22.4 Å². The van der Waals surface area contributed by atoms with Crippen LogP contribution in [0.15, 0.2) is 28.8 Å². The predicted molar refractivity (Wildman–Crippen MR) is 82.8 cm³/mol. The average molecular weight is 326 g/mol. The Balaban J connectivity index is 1.58. The molecular weight excluding hydrogens is 310 g/mol. The maximum Gasteiger partial charge on any atom is 0.228 e. The zero-order valence-electron chi connectivity index (χ0n) is 11.5. The SMILES string of the molecule is O=S1CCN(CCc2nc(-c3ccc(Cl)cc3)no2)CC1. The third-order valence-corrected chi connectivity index (χ3v) is 5.01. The first kappa shape index (κ1) is 14.7. The van der Waals surface area contributed by atoms with E-state index in [1.165, 1.54) is 0 Å². The third kappa shape index (κ3) is 3.90. The molecule has 0 saturated carbocycles. The molecule has 0 amide bonds. The van der Waals surface area contributed by atoms with Crippen molar-refractivity contribution in [3.05, 3.63) is 35.2 Å². The van der Waals surface area contributed by atoms with E-state index in [-0.39, 0.29) is 0 Å². The molecule has 0 atom stereocenters. The van der Waals surface area contributed by atoms with E-state index in [1.54, 1.807) is 12.1 Å². The van der Waals surface area contributed by atoms with Gasteiger partial charge in [-0.25, -0.2) is 0 Å². The van der Waals surface area contributed by atoms with Crippen molar-refractivity contribution in [1.82, 2.24) is 15.0 Å². The molecule has 3 rings (SSSR count). The monoisotopic (exact) mass is 325 g/mol. The number of nitrogens with zero attached hydrogens (tertiary/aromatic N) is 3. The molecule has 5 nitrogen and oxygen atoms in total. The number of rotatable bonds is 4. The van der Waals surface area contributed by atoms with Crippen molar-refractivity contribution in [2.45, 2.75) is 6.42 Å². The smallest absolute Gasteiger partial charge is 0.228 e. The highest BCUT2D eigenvalue weighted by molar-refractivity contribution is 7.85. The van der Waals surface area contributed by atoms with Gasteiger partial charge in [0, 0.05) is 58.9 Å². The zero-order valence-corrected chi connectivity index (χ0v) is 13.1. The lowest BCUT2D eigenvalue weighted by Crippen LogP contribution is -2.38. The maximum absolute atomic E-state index is 11.3. The van der Waals surface area contributed by atoms with E-state index in [0.717, 1.165) is 36.7 Å². The van der Waals surface area contributed by atoms with Crippen LogP contribution < -0.4 is 0 Å². The summed E-state index contributed by atoms with van der Waals surface area (Å²) in [6.07, 6.45) is 0.716. The number of hydrogen-bond donors (Lipinski definition) is 0. The molecule has 1 aliphatic rings. The second kappa shape index (κ2) is 6.68. The normalized spacial score (nSPS) is 17.2. The van der Waals surface area contributed by atoms with Crippen LogP contribution in [-0.2, 0) is 17.2 Å². The summed E-state index contributed by atoms with van der Waals surface area (Å²) >= 11 is 5.86. The Hall–Kier alpha value is -1.24. The molecule has 0 aliphatic carbocycles. The minimum absolute atomic E-state index is 0.585. The Kier molecular flexibility index (Phi) is 4.67. The highest BCUT2D eigenvalue weighted by Crippen LogP contribution is 2.18. The van der Waals surface area contributed by atoms with Crippen LogP contribution in [0.1, 0.15) is 5.89 Å². The first-order valence-electron chi connectivity index (χ1n) is 6.86. The lowest BCUT2D eigenvalue weighted by molar-refractivity contribution is 0.284. The van der Waals surface area contributed by atoms with Gasteiger partial charge in [-0.15, -0.1) is 0 Å². The fourth-order valence-corrected chi connectivity index (χ4v) is 3.48. The second-order valence-electron chi connectivity index (χ2n) is 4.96. The molecule has 112 valence electrons. The number of halogens is 1. The van der Waals surface area contributed by atoms with Crippen LogP contribution in [-0.4, -0.2) is 50.4 Å². The van der Waals surface area contributed by atoms with Gasteiger partial charge in [-0.2, -0.15) is 4.98 Å². The Morgan fingerprint density at radius 3 is 2.67 bits per heavy atom. The van der Waals surface area contributed by atoms with Crippen molar-refractivity contribution in [3.8, 4) is 11.4 Å². The molecule has 0 radical (unpaired) electrons. The van der Waals surface area contributed by atoms with Crippen LogP contribution in [0, 0.1) is 0 Å². The summed E-state index contributed by atoms with van der Waals surface area (Å²) in [5, 5.41) is 4.68.